The van der Waals surface area contributed by atoms with Crippen molar-refractivity contribution in [3.63, 3.8) is 0 Å². The van der Waals surface area contributed by atoms with Gasteiger partial charge >= 0.3 is 0 Å². The molecule has 1 heterocycles. The number of nitriles is 1. The Labute approximate surface area is 67.3 Å². The first-order chi connectivity index (χ1) is 5.43. The monoisotopic (exact) mass is 154 g/mol. The van der Waals surface area contributed by atoms with Gasteiger partial charge in [-0.05, 0) is 25.8 Å². The quantitative estimate of drug-likeness (QED) is 0.478. The summed E-state index contributed by atoms with van der Waals surface area (Å²) in [6.45, 7) is 2.27. The zero-order valence-corrected chi connectivity index (χ0v) is 6.68. The van der Waals surface area contributed by atoms with Crippen molar-refractivity contribution >= 4 is 0 Å². The molecule has 0 aromatic heterocycles. The summed E-state index contributed by atoms with van der Waals surface area (Å²) in [7, 11) is 0. The summed E-state index contributed by atoms with van der Waals surface area (Å²) in [5.41, 5.74) is 0. The molecule has 1 N–H and O–H groups in total. The number of nitrogens with one attached hydrogen (secondary N) is 1. The number of rotatable bonds is 4. The third-order valence-corrected chi connectivity index (χ3v) is 1.87. The molecule has 62 valence electrons. The second kappa shape index (κ2) is 5.11. The molecule has 0 aromatic carbocycles. The topological polar surface area (TPSA) is 45.0 Å². The average Bonchev–Trinajstić information content (AvgIpc) is 2.50. The molecule has 0 amide bonds. The van der Waals surface area contributed by atoms with Gasteiger partial charge in [0.15, 0.2) is 0 Å². The van der Waals surface area contributed by atoms with Crippen molar-refractivity contribution in [3.8, 4) is 6.07 Å². The van der Waals surface area contributed by atoms with Gasteiger partial charge in [-0.1, -0.05) is 0 Å². The Hall–Kier alpha value is -0.590. The minimum Gasteiger partial charge on any atom is -0.378 e. The summed E-state index contributed by atoms with van der Waals surface area (Å²) >= 11 is 0. The third kappa shape index (κ3) is 3.35. The maximum atomic E-state index is 8.21. The summed E-state index contributed by atoms with van der Waals surface area (Å²) in [5.74, 6) is 0. The molecule has 0 radical (unpaired) electrons. The molecule has 1 saturated heterocycles. The molecule has 0 aliphatic carbocycles. The van der Waals surface area contributed by atoms with E-state index in [4.69, 9.17) is 10.00 Å². The fraction of sp³-hybridized carbons (Fsp3) is 0.875. The van der Waals surface area contributed by atoms with Crippen LogP contribution in [0.25, 0.3) is 0 Å². The Morgan fingerprint density at radius 2 is 2.55 bits per heavy atom. The van der Waals surface area contributed by atoms with Gasteiger partial charge in [0.1, 0.15) is 0 Å². The van der Waals surface area contributed by atoms with Crippen molar-refractivity contribution in [2.24, 2.45) is 0 Å². The SMILES string of the molecule is N#CCNCCC1CCCO1. The van der Waals surface area contributed by atoms with E-state index < -0.39 is 0 Å². The Morgan fingerprint density at radius 1 is 1.64 bits per heavy atom. The standard InChI is InChI=1S/C8H14N2O/c9-4-6-10-5-3-8-2-1-7-11-8/h8,10H,1-3,5-7H2. The second-order valence-corrected chi connectivity index (χ2v) is 2.76. The normalized spacial score (nSPS) is 23.4. The number of hydrogen-bond donors (Lipinski definition) is 1. The highest BCUT2D eigenvalue weighted by molar-refractivity contribution is 4.73. The molecule has 1 aliphatic rings. The van der Waals surface area contributed by atoms with E-state index in [0.29, 0.717) is 12.6 Å². The summed E-state index contributed by atoms with van der Waals surface area (Å²) in [6, 6.07) is 2.04. The maximum absolute atomic E-state index is 8.21. The molecule has 0 saturated carbocycles. The largest absolute Gasteiger partial charge is 0.378 e. The van der Waals surface area contributed by atoms with Gasteiger partial charge in [-0.25, -0.2) is 0 Å². The third-order valence-electron chi connectivity index (χ3n) is 1.87. The van der Waals surface area contributed by atoms with Crippen LogP contribution >= 0.6 is 0 Å². The van der Waals surface area contributed by atoms with E-state index in [2.05, 4.69) is 5.32 Å². The Morgan fingerprint density at radius 3 is 3.18 bits per heavy atom. The minimum absolute atomic E-state index is 0.446. The summed E-state index contributed by atoms with van der Waals surface area (Å²) in [4.78, 5) is 0. The van der Waals surface area contributed by atoms with Crippen molar-refractivity contribution in [1.82, 2.24) is 5.32 Å². The smallest absolute Gasteiger partial charge is 0.0840 e. The lowest BCUT2D eigenvalue weighted by atomic mass is 10.2. The molecular weight excluding hydrogens is 140 g/mol. The molecule has 1 aliphatic heterocycles. The van der Waals surface area contributed by atoms with Gasteiger partial charge in [0.25, 0.3) is 0 Å². The van der Waals surface area contributed by atoms with Crippen LogP contribution in [0.3, 0.4) is 0 Å². The molecule has 1 rings (SSSR count). The van der Waals surface area contributed by atoms with Crippen molar-refractivity contribution in [3.05, 3.63) is 0 Å². The predicted molar refractivity (Wildman–Crippen MR) is 42.1 cm³/mol. The van der Waals surface area contributed by atoms with Crippen LogP contribution in [-0.2, 0) is 4.74 Å². The van der Waals surface area contributed by atoms with Gasteiger partial charge in [-0.2, -0.15) is 5.26 Å². The highest BCUT2D eigenvalue weighted by Gasteiger charge is 2.13. The molecular formula is C8H14N2O. The van der Waals surface area contributed by atoms with E-state index in [1.54, 1.807) is 0 Å². The van der Waals surface area contributed by atoms with Crippen LogP contribution in [0, 0.1) is 11.3 Å². The predicted octanol–water partition coefficient (Wildman–Crippen LogP) is 0.669. The van der Waals surface area contributed by atoms with Crippen LogP contribution in [-0.4, -0.2) is 25.8 Å². The van der Waals surface area contributed by atoms with Gasteiger partial charge < -0.3 is 10.1 Å². The Balaban J connectivity index is 1.90. The van der Waals surface area contributed by atoms with Crippen LogP contribution in [0.1, 0.15) is 19.3 Å². The zero-order valence-electron chi connectivity index (χ0n) is 6.68. The van der Waals surface area contributed by atoms with Crippen LogP contribution in [0.4, 0.5) is 0 Å². The maximum Gasteiger partial charge on any atom is 0.0840 e. The van der Waals surface area contributed by atoms with E-state index in [9.17, 15) is 0 Å². The van der Waals surface area contributed by atoms with Gasteiger partial charge in [0.2, 0.25) is 0 Å². The van der Waals surface area contributed by atoms with Crippen LogP contribution in [0.15, 0.2) is 0 Å². The van der Waals surface area contributed by atoms with Crippen LogP contribution in [0.5, 0.6) is 0 Å². The molecule has 1 atom stereocenters. The molecule has 0 spiro atoms. The van der Waals surface area contributed by atoms with Gasteiger partial charge in [0.05, 0.1) is 18.7 Å². The van der Waals surface area contributed by atoms with Gasteiger partial charge in [0, 0.05) is 6.61 Å². The average molecular weight is 154 g/mol. The molecule has 3 heteroatoms. The first-order valence-electron chi connectivity index (χ1n) is 4.13. The lowest BCUT2D eigenvalue weighted by Crippen LogP contribution is -2.20. The van der Waals surface area contributed by atoms with E-state index >= 15 is 0 Å². The molecule has 3 nitrogen and oxygen atoms in total. The van der Waals surface area contributed by atoms with Gasteiger partial charge in [-0.15, -0.1) is 0 Å². The number of hydrogen-bond acceptors (Lipinski definition) is 3. The van der Waals surface area contributed by atoms with E-state index in [-0.39, 0.29) is 0 Å². The summed E-state index contributed by atoms with van der Waals surface area (Å²) in [5, 5.41) is 11.2. The molecule has 11 heavy (non-hydrogen) atoms. The Kier molecular flexibility index (Phi) is 3.95. The van der Waals surface area contributed by atoms with Crippen molar-refractivity contribution in [2.45, 2.75) is 25.4 Å². The van der Waals surface area contributed by atoms with E-state index in [0.717, 1.165) is 19.6 Å². The van der Waals surface area contributed by atoms with Crippen molar-refractivity contribution in [1.29, 1.82) is 5.26 Å². The molecule has 0 bridgehead atoms. The highest BCUT2D eigenvalue weighted by Crippen LogP contribution is 2.14. The van der Waals surface area contributed by atoms with Gasteiger partial charge in [-0.3, -0.25) is 0 Å². The highest BCUT2D eigenvalue weighted by atomic mass is 16.5. The summed E-state index contributed by atoms with van der Waals surface area (Å²) in [6.07, 6.45) is 3.87. The zero-order chi connectivity index (χ0) is 7.94. The van der Waals surface area contributed by atoms with Crippen LogP contribution < -0.4 is 5.32 Å². The minimum atomic E-state index is 0.446. The first-order valence-corrected chi connectivity index (χ1v) is 4.13. The summed E-state index contributed by atoms with van der Waals surface area (Å²) < 4.78 is 5.41. The lowest BCUT2D eigenvalue weighted by molar-refractivity contribution is 0.104. The first kappa shape index (κ1) is 8.51. The molecule has 1 unspecified atom stereocenters. The van der Waals surface area contributed by atoms with Crippen molar-refractivity contribution in [2.75, 3.05) is 19.7 Å². The van der Waals surface area contributed by atoms with Crippen molar-refractivity contribution < 1.29 is 4.74 Å². The van der Waals surface area contributed by atoms with Crippen LogP contribution in [0.2, 0.25) is 0 Å². The fourth-order valence-corrected chi connectivity index (χ4v) is 1.28. The fourth-order valence-electron chi connectivity index (χ4n) is 1.28. The molecule has 1 fully saturated rings. The second-order valence-electron chi connectivity index (χ2n) is 2.76. The number of nitrogens with zero attached hydrogens (tertiary/aromatic N) is 1. The van der Waals surface area contributed by atoms with E-state index in [1.165, 1.54) is 12.8 Å². The number of ether oxygens (including phenoxy) is 1. The van der Waals surface area contributed by atoms with E-state index in [1.807, 2.05) is 6.07 Å². The molecule has 0 aromatic rings. The lowest BCUT2D eigenvalue weighted by Gasteiger charge is -2.07. The Bertz CT molecular complexity index is 136.